The third-order valence-electron chi connectivity index (χ3n) is 3.26. The van der Waals surface area contributed by atoms with Crippen molar-refractivity contribution in [2.24, 2.45) is 0 Å². The second-order valence-electron chi connectivity index (χ2n) is 4.71. The zero-order valence-corrected chi connectivity index (χ0v) is 11.2. The van der Waals surface area contributed by atoms with E-state index >= 15 is 0 Å². The first-order valence-electron chi connectivity index (χ1n) is 6.21. The molecule has 2 heterocycles. The van der Waals surface area contributed by atoms with Gasteiger partial charge in [-0.25, -0.2) is 14.8 Å². The van der Waals surface area contributed by atoms with Crippen molar-refractivity contribution in [2.75, 3.05) is 0 Å². The highest BCUT2D eigenvalue weighted by molar-refractivity contribution is 5.88. The van der Waals surface area contributed by atoms with Crippen LogP contribution in [0, 0.1) is 13.8 Å². The molecule has 0 spiro atoms. The Morgan fingerprint density at radius 3 is 2.55 bits per heavy atom. The highest BCUT2D eigenvalue weighted by atomic mass is 16.4. The summed E-state index contributed by atoms with van der Waals surface area (Å²) in [5.41, 5.74) is 3.59. The molecule has 0 saturated carbocycles. The van der Waals surface area contributed by atoms with E-state index in [1.807, 2.05) is 38.1 Å². The van der Waals surface area contributed by atoms with Gasteiger partial charge >= 0.3 is 5.97 Å². The van der Waals surface area contributed by atoms with Gasteiger partial charge in [0.05, 0.1) is 0 Å². The molecular weight excluding hydrogens is 254 g/mol. The number of aryl methyl sites for hydroxylation is 2. The zero-order valence-electron chi connectivity index (χ0n) is 11.2. The molecule has 0 amide bonds. The number of carbonyl (C=O) groups is 1. The summed E-state index contributed by atoms with van der Waals surface area (Å²) in [7, 11) is 0. The van der Waals surface area contributed by atoms with Crippen LogP contribution in [-0.4, -0.2) is 25.4 Å². The highest BCUT2D eigenvalue weighted by Gasteiger charge is 2.14. The Labute approximate surface area is 115 Å². The van der Waals surface area contributed by atoms with Gasteiger partial charge < -0.3 is 5.11 Å². The fourth-order valence-corrected chi connectivity index (χ4v) is 2.13. The molecule has 5 heteroatoms. The van der Waals surface area contributed by atoms with Gasteiger partial charge in [-0.1, -0.05) is 29.8 Å². The first kappa shape index (κ1) is 12.3. The molecule has 0 saturated heterocycles. The van der Waals surface area contributed by atoms with E-state index in [4.69, 9.17) is 5.11 Å². The van der Waals surface area contributed by atoms with Crippen LogP contribution in [0.25, 0.3) is 16.8 Å². The van der Waals surface area contributed by atoms with Crippen LogP contribution in [0.4, 0.5) is 0 Å². The van der Waals surface area contributed by atoms with Crippen molar-refractivity contribution >= 4 is 11.6 Å². The lowest BCUT2D eigenvalue weighted by molar-refractivity contribution is 0.0691. The van der Waals surface area contributed by atoms with Gasteiger partial charge in [0, 0.05) is 18.0 Å². The van der Waals surface area contributed by atoms with Gasteiger partial charge in [0.2, 0.25) is 0 Å². The van der Waals surface area contributed by atoms with Gasteiger partial charge in [-0.3, -0.25) is 4.40 Å². The number of hydrogen-bond acceptors (Lipinski definition) is 3. The van der Waals surface area contributed by atoms with Crippen molar-refractivity contribution in [1.82, 2.24) is 14.4 Å². The molecule has 0 radical (unpaired) electrons. The van der Waals surface area contributed by atoms with Crippen LogP contribution < -0.4 is 0 Å². The van der Waals surface area contributed by atoms with Crippen LogP contribution in [0.3, 0.4) is 0 Å². The number of aromatic nitrogens is 3. The Morgan fingerprint density at radius 2 is 1.90 bits per heavy atom. The third-order valence-corrected chi connectivity index (χ3v) is 3.26. The topological polar surface area (TPSA) is 67.5 Å². The summed E-state index contributed by atoms with van der Waals surface area (Å²) in [6.07, 6.45) is 3.23. The van der Waals surface area contributed by atoms with Crippen LogP contribution in [0.15, 0.2) is 36.7 Å². The molecule has 0 aliphatic heterocycles. The largest absolute Gasteiger partial charge is 0.476 e. The molecule has 0 aliphatic rings. The van der Waals surface area contributed by atoms with Gasteiger partial charge in [-0.15, -0.1) is 0 Å². The highest BCUT2D eigenvalue weighted by Crippen LogP contribution is 2.24. The zero-order chi connectivity index (χ0) is 14.3. The molecule has 5 nitrogen and oxygen atoms in total. The maximum atomic E-state index is 11.1. The maximum Gasteiger partial charge on any atom is 0.356 e. The molecule has 100 valence electrons. The average Bonchev–Trinajstić information content (AvgIpc) is 2.87. The summed E-state index contributed by atoms with van der Waals surface area (Å²) in [4.78, 5) is 19.6. The number of fused-ring (bicyclic) bond motifs is 1. The van der Waals surface area contributed by atoms with E-state index in [1.165, 1.54) is 11.8 Å². The van der Waals surface area contributed by atoms with Gasteiger partial charge in [-0.05, 0) is 19.4 Å². The molecule has 3 aromatic rings. The summed E-state index contributed by atoms with van der Waals surface area (Å²) in [5.74, 6) is -0.334. The smallest absolute Gasteiger partial charge is 0.356 e. The molecule has 0 fully saturated rings. The van der Waals surface area contributed by atoms with Crippen molar-refractivity contribution < 1.29 is 9.90 Å². The van der Waals surface area contributed by atoms with E-state index in [9.17, 15) is 4.79 Å². The molecule has 2 aromatic heterocycles. The fraction of sp³-hybridized carbons (Fsp3) is 0.133. The number of hydrogen-bond donors (Lipinski definition) is 1. The number of benzene rings is 1. The molecule has 20 heavy (non-hydrogen) atoms. The van der Waals surface area contributed by atoms with Crippen molar-refractivity contribution in [3.05, 3.63) is 53.7 Å². The van der Waals surface area contributed by atoms with Gasteiger partial charge in [-0.2, -0.15) is 0 Å². The summed E-state index contributed by atoms with van der Waals surface area (Å²) in [5, 5.41) is 9.08. The van der Waals surface area contributed by atoms with Crippen LogP contribution in [0.2, 0.25) is 0 Å². The van der Waals surface area contributed by atoms with Crippen LogP contribution >= 0.6 is 0 Å². The van der Waals surface area contributed by atoms with E-state index in [0.29, 0.717) is 11.5 Å². The Bertz CT molecular complexity index is 804. The Morgan fingerprint density at radius 1 is 1.20 bits per heavy atom. The van der Waals surface area contributed by atoms with E-state index in [2.05, 4.69) is 9.97 Å². The average molecular weight is 267 g/mol. The molecule has 3 rings (SSSR count). The molecular formula is C15H13N3O2. The Balaban J connectivity index is 2.28. The minimum absolute atomic E-state index is 0.0226. The lowest BCUT2D eigenvalue weighted by Gasteiger charge is -2.06. The van der Waals surface area contributed by atoms with Gasteiger partial charge in [0.1, 0.15) is 11.5 Å². The van der Waals surface area contributed by atoms with Crippen molar-refractivity contribution in [3.63, 3.8) is 0 Å². The van der Waals surface area contributed by atoms with Gasteiger partial charge in [0.15, 0.2) is 5.69 Å². The van der Waals surface area contributed by atoms with E-state index < -0.39 is 5.97 Å². The monoisotopic (exact) mass is 267 g/mol. The Kier molecular flexibility index (Phi) is 2.75. The fourth-order valence-electron chi connectivity index (χ4n) is 2.13. The van der Waals surface area contributed by atoms with E-state index in [0.717, 1.165) is 11.1 Å². The number of carboxylic acid groups (broad SMARTS) is 1. The predicted molar refractivity (Wildman–Crippen MR) is 74.9 cm³/mol. The quantitative estimate of drug-likeness (QED) is 0.775. The first-order chi connectivity index (χ1) is 9.56. The normalized spacial score (nSPS) is 10.9. The standard InChI is InChI=1S/C15H13N3O2/c1-9-3-5-11(6-4-9)12-7-16-10(2)18-8-13(15(19)20)17-14(12)18/h3-8H,1-2H3,(H,19,20). The number of carboxylic acids is 1. The lowest BCUT2D eigenvalue weighted by atomic mass is 10.1. The molecule has 1 N–H and O–H groups in total. The number of rotatable bonds is 2. The minimum atomic E-state index is -1.04. The van der Waals surface area contributed by atoms with E-state index in [1.54, 1.807) is 10.6 Å². The summed E-state index contributed by atoms with van der Waals surface area (Å²) in [6, 6.07) is 7.98. The van der Waals surface area contributed by atoms with Crippen LogP contribution in [0.1, 0.15) is 21.9 Å². The van der Waals surface area contributed by atoms with Crippen molar-refractivity contribution in [1.29, 1.82) is 0 Å². The third kappa shape index (κ3) is 1.93. The second-order valence-corrected chi connectivity index (χ2v) is 4.71. The number of aromatic carboxylic acids is 1. The predicted octanol–water partition coefficient (Wildman–Crippen LogP) is 2.71. The molecule has 0 atom stereocenters. The lowest BCUT2D eigenvalue weighted by Crippen LogP contribution is -1.96. The van der Waals surface area contributed by atoms with Crippen LogP contribution in [0.5, 0.6) is 0 Å². The SMILES string of the molecule is Cc1ccc(-c2cnc(C)n3cc(C(=O)O)nc23)cc1. The van der Waals surface area contributed by atoms with Crippen LogP contribution in [-0.2, 0) is 0 Å². The second kappa shape index (κ2) is 4.45. The first-order valence-corrected chi connectivity index (χ1v) is 6.21. The van der Waals surface area contributed by atoms with Gasteiger partial charge in [0.25, 0.3) is 0 Å². The molecule has 0 aliphatic carbocycles. The molecule has 1 aromatic carbocycles. The molecule has 0 unspecified atom stereocenters. The van der Waals surface area contributed by atoms with E-state index in [-0.39, 0.29) is 5.69 Å². The Hall–Kier alpha value is -2.69. The van der Waals surface area contributed by atoms with Crippen molar-refractivity contribution in [3.8, 4) is 11.1 Å². The summed E-state index contributed by atoms with van der Waals surface area (Å²) < 4.78 is 1.71. The molecule has 0 bridgehead atoms. The summed E-state index contributed by atoms with van der Waals surface area (Å²) in [6.45, 7) is 3.84. The number of nitrogens with zero attached hydrogens (tertiary/aromatic N) is 3. The summed E-state index contributed by atoms with van der Waals surface area (Å²) >= 11 is 0. The van der Waals surface area contributed by atoms with Crippen molar-refractivity contribution in [2.45, 2.75) is 13.8 Å². The number of imidazole rings is 1. The minimum Gasteiger partial charge on any atom is -0.476 e. The maximum absolute atomic E-state index is 11.1.